The molecule has 0 radical (unpaired) electrons. The molecule has 1 unspecified atom stereocenters. The summed E-state index contributed by atoms with van der Waals surface area (Å²) in [6.45, 7) is 2.31. The van der Waals surface area contributed by atoms with Crippen molar-refractivity contribution in [3.05, 3.63) is 48.0 Å². The Morgan fingerprint density at radius 2 is 2.04 bits per heavy atom. The molecule has 0 bridgehead atoms. The van der Waals surface area contributed by atoms with E-state index in [0.29, 0.717) is 12.1 Å². The fourth-order valence-corrected chi connectivity index (χ4v) is 3.19. The Kier molecular flexibility index (Phi) is 5.12. The lowest BCUT2D eigenvalue weighted by Gasteiger charge is -2.17. The zero-order valence-electron chi connectivity index (χ0n) is 12.3. The van der Waals surface area contributed by atoms with Gasteiger partial charge >= 0.3 is 5.97 Å². The maximum atomic E-state index is 13.0. The van der Waals surface area contributed by atoms with Crippen LogP contribution in [0.25, 0.3) is 0 Å². The summed E-state index contributed by atoms with van der Waals surface area (Å²) in [5.41, 5.74) is 0.361. The van der Waals surface area contributed by atoms with Crippen molar-refractivity contribution >= 4 is 16.0 Å². The van der Waals surface area contributed by atoms with E-state index in [1.165, 1.54) is 29.2 Å². The predicted octanol–water partition coefficient (Wildman–Crippen LogP) is 1.54. The summed E-state index contributed by atoms with van der Waals surface area (Å²) in [5, 5.41) is 12.9. The van der Waals surface area contributed by atoms with E-state index in [1.54, 1.807) is 0 Å². The summed E-state index contributed by atoms with van der Waals surface area (Å²) < 4.78 is 41.5. The first-order chi connectivity index (χ1) is 10.8. The summed E-state index contributed by atoms with van der Waals surface area (Å²) in [6.07, 6.45) is 2.08. The highest BCUT2D eigenvalue weighted by Crippen LogP contribution is 2.21. The number of carbonyl (C=O) groups is 1. The van der Waals surface area contributed by atoms with E-state index in [0.717, 1.165) is 12.1 Å². The molecule has 1 aromatic heterocycles. The molecule has 2 aromatic rings. The fourth-order valence-electron chi connectivity index (χ4n) is 2.01. The molecule has 1 atom stereocenters. The second kappa shape index (κ2) is 6.88. The molecule has 0 fully saturated rings. The first-order valence-corrected chi connectivity index (χ1v) is 8.32. The molecule has 0 saturated carbocycles. The molecule has 1 heterocycles. The smallest absolute Gasteiger partial charge is 0.305 e. The molecule has 9 heteroatoms. The van der Waals surface area contributed by atoms with Crippen molar-refractivity contribution in [3.63, 3.8) is 0 Å². The maximum Gasteiger partial charge on any atom is 0.305 e. The topological polar surface area (TPSA) is 101 Å². The molecular weight excluding hydrogens is 325 g/mol. The standard InChI is InChI=1S/C14H16FN3O4S/c1-2-18-9-12(8-16-18)23(21,22)17-13(7-14(19)20)10-3-5-11(15)6-4-10/h3-6,8-9,13,17H,2,7H2,1H3,(H,19,20). The molecule has 1 aromatic carbocycles. The number of hydrogen-bond donors (Lipinski definition) is 2. The Morgan fingerprint density at radius 3 is 2.57 bits per heavy atom. The van der Waals surface area contributed by atoms with Crippen LogP contribution in [0.5, 0.6) is 0 Å². The third kappa shape index (κ3) is 4.36. The van der Waals surface area contributed by atoms with Crippen LogP contribution in [0.2, 0.25) is 0 Å². The van der Waals surface area contributed by atoms with Gasteiger partial charge in [0.25, 0.3) is 0 Å². The average Bonchev–Trinajstić information content (AvgIpc) is 2.96. The van der Waals surface area contributed by atoms with Crippen LogP contribution in [-0.2, 0) is 21.4 Å². The Balaban J connectivity index is 2.29. The van der Waals surface area contributed by atoms with Crippen molar-refractivity contribution in [1.29, 1.82) is 0 Å². The minimum absolute atomic E-state index is 0.0585. The van der Waals surface area contributed by atoms with E-state index in [2.05, 4.69) is 9.82 Å². The Hall–Kier alpha value is -2.26. The minimum Gasteiger partial charge on any atom is -0.481 e. The molecule has 2 rings (SSSR count). The van der Waals surface area contributed by atoms with Gasteiger partial charge in [-0.15, -0.1) is 0 Å². The van der Waals surface area contributed by atoms with Gasteiger partial charge in [0, 0.05) is 12.7 Å². The number of aliphatic carboxylic acids is 1. The van der Waals surface area contributed by atoms with Crippen molar-refractivity contribution < 1.29 is 22.7 Å². The lowest BCUT2D eigenvalue weighted by atomic mass is 10.1. The number of carboxylic acid groups (broad SMARTS) is 1. The van der Waals surface area contributed by atoms with Crippen LogP contribution in [-0.4, -0.2) is 29.3 Å². The van der Waals surface area contributed by atoms with Crippen LogP contribution >= 0.6 is 0 Å². The number of aromatic nitrogens is 2. The number of nitrogens with zero attached hydrogens (tertiary/aromatic N) is 2. The van der Waals surface area contributed by atoms with Gasteiger partial charge in [-0.05, 0) is 24.6 Å². The largest absolute Gasteiger partial charge is 0.481 e. The molecule has 0 amide bonds. The lowest BCUT2D eigenvalue weighted by Crippen LogP contribution is -2.30. The SMILES string of the molecule is CCn1cc(S(=O)(=O)NC(CC(=O)O)c2ccc(F)cc2)cn1. The highest BCUT2D eigenvalue weighted by Gasteiger charge is 2.24. The van der Waals surface area contributed by atoms with Crippen LogP contribution in [0.4, 0.5) is 4.39 Å². The third-order valence-electron chi connectivity index (χ3n) is 3.19. The molecule has 0 aliphatic rings. The van der Waals surface area contributed by atoms with Crippen molar-refractivity contribution in [3.8, 4) is 0 Å². The first kappa shape index (κ1) is 17.1. The first-order valence-electron chi connectivity index (χ1n) is 6.84. The highest BCUT2D eigenvalue weighted by molar-refractivity contribution is 7.89. The second-order valence-corrected chi connectivity index (χ2v) is 6.57. The van der Waals surface area contributed by atoms with Gasteiger partial charge in [-0.3, -0.25) is 9.48 Å². The van der Waals surface area contributed by atoms with Gasteiger partial charge in [0.15, 0.2) is 0 Å². The molecular formula is C14H16FN3O4S. The van der Waals surface area contributed by atoms with Gasteiger partial charge < -0.3 is 5.11 Å². The van der Waals surface area contributed by atoms with Crippen molar-refractivity contribution in [2.75, 3.05) is 0 Å². The minimum atomic E-state index is -3.94. The summed E-state index contributed by atoms with van der Waals surface area (Å²) in [4.78, 5) is 10.9. The molecule has 0 aliphatic carbocycles. The Labute approximate surface area is 132 Å². The highest BCUT2D eigenvalue weighted by atomic mass is 32.2. The zero-order chi connectivity index (χ0) is 17.0. The average molecular weight is 341 g/mol. The number of sulfonamides is 1. The van der Waals surface area contributed by atoms with E-state index < -0.39 is 34.3 Å². The van der Waals surface area contributed by atoms with Crippen LogP contribution in [0, 0.1) is 5.82 Å². The van der Waals surface area contributed by atoms with Crippen molar-refractivity contribution in [2.45, 2.75) is 30.8 Å². The molecule has 23 heavy (non-hydrogen) atoms. The maximum absolute atomic E-state index is 13.0. The van der Waals surface area contributed by atoms with Gasteiger partial charge in [-0.1, -0.05) is 12.1 Å². The molecule has 124 valence electrons. The van der Waals surface area contributed by atoms with Gasteiger partial charge in [-0.25, -0.2) is 17.5 Å². The zero-order valence-corrected chi connectivity index (χ0v) is 13.1. The van der Waals surface area contributed by atoms with E-state index in [4.69, 9.17) is 5.11 Å². The number of aryl methyl sites for hydroxylation is 1. The number of benzene rings is 1. The summed E-state index contributed by atoms with van der Waals surface area (Å²) in [7, 11) is -3.94. The predicted molar refractivity (Wildman–Crippen MR) is 79.6 cm³/mol. The number of nitrogens with one attached hydrogen (secondary N) is 1. The Morgan fingerprint density at radius 1 is 1.39 bits per heavy atom. The second-order valence-electron chi connectivity index (χ2n) is 4.86. The monoisotopic (exact) mass is 341 g/mol. The number of halogens is 1. The summed E-state index contributed by atoms with van der Waals surface area (Å²) >= 11 is 0. The third-order valence-corrected chi connectivity index (χ3v) is 4.62. The van der Waals surface area contributed by atoms with Crippen molar-refractivity contribution in [2.24, 2.45) is 0 Å². The van der Waals surface area contributed by atoms with Crippen LogP contribution in [0.1, 0.15) is 24.9 Å². The Bertz CT molecular complexity index is 787. The quantitative estimate of drug-likeness (QED) is 0.795. The lowest BCUT2D eigenvalue weighted by molar-refractivity contribution is -0.137. The van der Waals surface area contributed by atoms with E-state index in [1.807, 2.05) is 6.92 Å². The molecule has 2 N–H and O–H groups in total. The van der Waals surface area contributed by atoms with Gasteiger partial charge in [0.1, 0.15) is 10.7 Å². The number of carboxylic acids is 1. The van der Waals surface area contributed by atoms with Gasteiger partial charge in [0.05, 0.1) is 18.7 Å². The van der Waals surface area contributed by atoms with E-state index in [-0.39, 0.29) is 4.90 Å². The van der Waals surface area contributed by atoms with Crippen LogP contribution < -0.4 is 4.72 Å². The number of hydrogen-bond acceptors (Lipinski definition) is 4. The van der Waals surface area contributed by atoms with Crippen molar-refractivity contribution in [1.82, 2.24) is 14.5 Å². The van der Waals surface area contributed by atoms with E-state index >= 15 is 0 Å². The molecule has 0 spiro atoms. The summed E-state index contributed by atoms with van der Waals surface area (Å²) in [5.74, 6) is -1.67. The van der Waals surface area contributed by atoms with Gasteiger partial charge in [-0.2, -0.15) is 5.10 Å². The molecule has 7 nitrogen and oxygen atoms in total. The number of rotatable bonds is 7. The normalized spacial score (nSPS) is 13.0. The van der Waals surface area contributed by atoms with Crippen LogP contribution in [0.3, 0.4) is 0 Å². The summed E-state index contributed by atoms with van der Waals surface area (Å²) in [6, 6.07) is 3.98. The molecule has 0 saturated heterocycles. The van der Waals surface area contributed by atoms with E-state index in [9.17, 15) is 17.6 Å². The van der Waals surface area contributed by atoms with Crippen LogP contribution in [0.15, 0.2) is 41.6 Å². The van der Waals surface area contributed by atoms with Gasteiger partial charge in [0.2, 0.25) is 10.0 Å². The fraction of sp³-hybridized carbons (Fsp3) is 0.286. The molecule has 0 aliphatic heterocycles.